The molecule has 112 valence electrons. The maximum Gasteiger partial charge on any atom is 0.00694 e. The highest BCUT2D eigenvalue weighted by Gasteiger charge is 2.24. The van der Waals surface area contributed by atoms with E-state index in [4.69, 9.17) is 0 Å². The zero-order valence-corrected chi connectivity index (χ0v) is 13.6. The lowest BCUT2D eigenvalue weighted by molar-refractivity contribution is 0.0998. The summed E-state index contributed by atoms with van der Waals surface area (Å²) in [5.41, 5.74) is 0. The Morgan fingerprint density at radius 3 is 1.53 bits per heavy atom. The summed E-state index contributed by atoms with van der Waals surface area (Å²) in [6.45, 7) is 14.9. The first-order valence-electron chi connectivity index (χ1n) is 8.54. The number of hydrogen-bond donors (Lipinski definition) is 0. The normalized spacial score (nSPS) is 38.5. The molecule has 0 saturated carbocycles. The van der Waals surface area contributed by atoms with Gasteiger partial charge in [0.15, 0.2) is 0 Å². The molecule has 0 spiro atoms. The third-order valence-electron chi connectivity index (χ3n) is 5.44. The van der Waals surface area contributed by atoms with E-state index in [0.29, 0.717) is 0 Å². The van der Waals surface area contributed by atoms with Crippen LogP contribution in [-0.2, 0) is 0 Å². The molecular weight excluding hydrogens is 232 g/mol. The van der Waals surface area contributed by atoms with Gasteiger partial charge in [0.05, 0.1) is 0 Å². The number of hydrogen-bond acceptors (Lipinski definition) is 2. The fourth-order valence-corrected chi connectivity index (χ4v) is 4.05. The second kappa shape index (κ2) is 7.08. The van der Waals surface area contributed by atoms with Gasteiger partial charge in [-0.05, 0) is 84.0 Å². The minimum absolute atomic E-state index is 0.808. The molecule has 4 unspecified atom stereocenters. The topological polar surface area (TPSA) is 6.48 Å². The van der Waals surface area contributed by atoms with E-state index in [2.05, 4.69) is 37.5 Å². The van der Waals surface area contributed by atoms with Crippen LogP contribution in [0.15, 0.2) is 0 Å². The predicted octanol–water partition coefficient (Wildman–Crippen LogP) is 3.62. The molecule has 2 aliphatic rings. The Kier molecular flexibility index (Phi) is 5.70. The van der Waals surface area contributed by atoms with Gasteiger partial charge in [-0.3, -0.25) is 0 Å². The van der Waals surface area contributed by atoms with E-state index in [0.717, 1.165) is 23.9 Å². The first kappa shape index (κ1) is 15.3. The highest BCUT2D eigenvalue weighted by atomic mass is 15.2. The lowest BCUT2D eigenvalue weighted by Gasteiger charge is -2.39. The predicted molar refractivity (Wildman–Crippen MR) is 83.5 cm³/mol. The lowest BCUT2D eigenvalue weighted by Crippen LogP contribution is -2.44. The van der Waals surface area contributed by atoms with Crippen molar-refractivity contribution in [2.75, 3.05) is 26.2 Å². The Labute approximate surface area is 120 Å². The van der Waals surface area contributed by atoms with E-state index in [1.165, 1.54) is 58.3 Å². The highest BCUT2D eigenvalue weighted by molar-refractivity contribution is 4.79. The van der Waals surface area contributed by atoms with Crippen molar-refractivity contribution in [2.45, 2.75) is 71.9 Å². The summed E-state index contributed by atoms with van der Waals surface area (Å²) in [6.07, 6.45) is 6.97. The van der Waals surface area contributed by atoms with Crippen molar-refractivity contribution < 1.29 is 0 Å². The van der Waals surface area contributed by atoms with E-state index < -0.39 is 0 Å². The first-order chi connectivity index (χ1) is 9.06. The standard InChI is InChI=1S/C17H34N2/c1-14-6-10-18(16(3)12-14)8-5-9-19-11-7-15(2)13-17(19)4/h14-17H,5-13H2,1-4H3. The quantitative estimate of drug-likeness (QED) is 0.767. The zero-order chi connectivity index (χ0) is 13.8. The van der Waals surface area contributed by atoms with Crippen LogP contribution in [0.1, 0.15) is 59.8 Å². The average molecular weight is 266 g/mol. The van der Waals surface area contributed by atoms with Gasteiger partial charge in [-0.15, -0.1) is 0 Å². The Bertz CT molecular complexity index is 240. The Hall–Kier alpha value is -0.0800. The monoisotopic (exact) mass is 266 g/mol. The smallest absolute Gasteiger partial charge is 0.00694 e. The van der Waals surface area contributed by atoms with Gasteiger partial charge in [0.1, 0.15) is 0 Å². The number of piperidine rings is 2. The van der Waals surface area contributed by atoms with E-state index in [9.17, 15) is 0 Å². The molecule has 0 aromatic carbocycles. The Morgan fingerprint density at radius 2 is 1.16 bits per heavy atom. The molecule has 0 aromatic rings. The number of rotatable bonds is 4. The molecule has 2 heterocycles. The molecule has 2 aliphatic heterocycles. The van der Waals surface area contributed by atoms with Crippen LogP contribution in [-0.4, -0.2) is 48.1 Å². The molecule has 0 bridgehead atoms. The van der Waals surface area contributed by atoms with Crippen LogP contribution in [0.4, 0.5) is 0 Å². The fraction of sp³-hybridized carbons (Fsp3) is 1.00. The molecule has 2 fully saturated rings. The molecule has 2 saturated heterocycles. The van der Waals surface area contributed by atoms with Crippen LogP contribution in [0.3, 0.4) is 0 Å². The van der Waals surface area contributed by atoms with E-state index in [1.54, 1.807) is 0 Å². The van der Waals surface area contributed by atoms with Gasteiger partial charge < -0.3 is 9.80 Å². The molecule has 4 atom stereocenters. The van der Waals surface area contributed by atoms with Crippen molar-refractivity contribution in [3.05, 3.63) is 0 Å². The van der Waals surface area contributed by atoms with Crippen LogP contribution < -0.4 is 0 Å². The molecule has 0 aromatic heterocycles. The summed E-state index contributed by atoms with van der Waals surface area (Å²) in [6, 6.07) is 1.62. The van der Waals surface area contributed by atoms with Crippen LogP contribution >= 0.6 is 0 Å². The maximum absolute atomic E-state index is 2.72. The minimum Gasteiger partial charge on any atom is -0.301 e. The Balaban J connectivity index is 1.66. The fourth-order valence-electron chi connectivity index (χ4n) is 4.05. The van der Waals surface area contributed by atoms with Gasteiger partial charge in [-0.25, -0.2) is 0 Å². The molecule has 0 aliphatic carbocycles. The number of likely N-dealkylation sites (tertiary alicyclic amines) is 2. The van der Waals surface area contributed by atoms with Crippen LogP contribution in [0.5, 0.6) is 0 Å². The highest BCUT2D eigenvalue weighted by Crippen LogP contribution is 2.24. The van der Waals surface area contributed by atoms with Crippen LogP contribution in [0, 0.1) is 11.8 Å². The molecule has 19 heavy (non-hydrogen) atoms. The van der Waals surface area contributed by atoms with Crippen molar-refractivity contribution in [1.82, 2.24) is 9.80 Å². The lowest BCUT2D eigenvalue weighted by atomic mass is 9.92. The molecule has 2 nitrogen and oxygen atoms in total. The van der Waals surface area contributed by atoms with Crippen molar-refractivity contribution in [3.8, 4) is 0 Å². The summed E-state index contributed by atoms with van der Waals surface area (Å²) in [5.74, 6) is 1.88. The van der Waals surface area contributed by atoms with Crippen molar-refractivity contribution in [3.63, 3.8) is 0 Å². The van der Waals surface area contributed by atoms with Gasteiger partial charge in [0, 0.05) is 12.1 Å². The van der Waals surface area contributed by atoms with Gasteiger partial charge in [0.2, 0.25) is 0 Å². The van der Waals surface area contributed by atoms with Crippen molar-refractivity contribution in [1.29, 1.82) is 0 Å². The van der Waals surface area contributed by atoms with E-state index in [-0.39, 0.29) is 0 Å². The van der Waals surface area contributed by atoms with E-state index in [1.807, 2.05) is 0 Å². The first-order valence-corrected chi connectivity index (χ1v) is 8.54. The molecular formula is C17H34N2. The third kappa shape index (κ3) is 4.46. The van der Waals surface area contributed by atoms with Crippen molar-refractivity contribution in [2.24, 2.45) is 11.8 Å². The summed E-state index contributed by atoms with van der Waals surface area (Å²) in [5, 5.41) is 0. The van der Waals surface area contributed by atoms with Crippen LogP contribution in [0.2, 0.25) is 0 Å². The van der Waals surface area contributed by atoms with Gasteiger partial charge in [-0.2, -0.15) is 0 Å². The minimum atomic E-state index is 0.808. The average Bonchev–Trinajstić information content (AvgIpc) is 2.34. The molecule has 2 rings (SSSR count). The second-order valence-corrected chi connectivity index (χ2v) is 7.38. The zero-order valence-electron chi connectivity index (χ0n) is 13.6. The summed E-state index contributed by atoms with van der Waals surface area (Å²) >= 11 is 0. The van der Waals surface area contributed by atoms with Gasteiger partial charge >= 0.3 is 0 Å². The molecule has 0 amide bonds. The summed E-state index contributed by atoms with van der Waals surface area (Å²) in [7, 11) is 0. The number of nitrogens with zero attached hydrogens (tertiary/aromatic N) is 2. The summed E-state index contributed by atoms with van der Waals surface area (Å²) in [4.78, 5) is 5.44. The molecule has 2 heteroatoms. The van der Waals surface area contributed by atoms with Gasteiger partial charge in [-0.1, -0.05) is 13.8 Å². The Morgan fingerprint density at radius 1 is 0.737 bits per heavy atom. The van der Waals surface area contributed by atoms with E-state index >= 15 is 0 Å². The summed E-state index contributed by atoms with van der Waals surface area (Å²) < 4.78 is 0. The van der Waals surface area contributed by atoms with Crippen LogP contribution in [0.25, 0.3) is 0 Å². The SMILES string of the molecule is CC1CCN(CCCN2CCC(C)CC2C)C(C)C1. The van der Waals surface area contributed by atoms with Crippen molar-refractivity contribution >= 4 is 0 Å². The third-order valence-corrected chi connectivity index (χ3v) is 5.44. The molecule has 0 radical (unpaired) electrons. The largest absolute Gasteiger partial charge is 0.301 e. The maximum atomic E-state index is 2.72. The van der Waals surface area contributed by atoms with Gasteiger partial charge in [0.25, 0.3) is 0 Å². The second-order valence-electron chi connectivity index (χ2n) is 7.38. The molecule has 0 N–H and O–H groups in total.